The average Bonchev–Trinajstić information content (AvgIpc) is 2.21. The van der Waals surface area contributed by atoms with Crippen LogP contribution in [0.5, 0.6) is 0 Å². The molecule has 11 heteroatoms. The first-order valence-electron chi connectivity index (χ1n) is 5.26. The third kappa shape index (κ3) is 4.17. The quantitative estimate of drug-likeness (QED) is 0.470. The summed E-state index contributed by atoms with van der Waals surface area (Å²) in [5.74, 6) is 0. The molecule has 2 fully saturated rings. The maximum Gasteiger partial charge on any atom is 0.139 e. The molecule has 0 amide bonds. The molecule has 0 saturated carbocycles. The van der Waals surface area contributed by atoms with E-state index in [0.29, 0.717) is 34.2 Å². The van der Waals surface area contributed by atoms with Crippen LogP contribution in [0, 0.1) is 0 Å². The van der Waals surface area contributed by atoms with Gasteiger partial charge in [0.15, 0.2) is 0 Å². The average molecular weight is 331 g/mol. The van der Waals surface area contributed by atoms with Crippen LogP contribution in [0.15, 0.2) is 0 Å². The van der Waals surface area contributed by atoms with Gasteiger partial charge in [-0.15, -0.1) is 0 Å². The van der Waals surface area contributed by atoms with Gasteiger partial charge in [0.2, 0.25) is 0 Å². The monoisotopic (exact) mass is 330 g/mol. The van der Waals surface area contributed by atoms with Crippen LogP contribution in [0.25, 0.3) is 0 Å². The number of hydrogen-bond donors (Lipinski definition) is 0. The Hall–Kier alpha value is 2.01. The molecule has 2 atom stereocenters. The minimum absolute atomic E-state index is 0.172. The van der Waals surface area contributed by atoms with E-state index in [-0.39, 0.29) is 33.5 Å². The van der Waals surface area contributed by atoms with Crippen LogP contribution in [0.1, 0.15) is 0 Å². The Balaban J connectivity index is 1.69. The van der Waals surface area contributed by atoms with Crippen molar-refractivity contribution in [1.82, 2.24) is 0 Å². The van der Waals surface area contributed by atoms with Gasteiger partial charge in [-0.1, -0.05) is 0 Å². The summed E-state index contributed by atoms with van der Waals surface area (Å²) in [6.07, 6.45) is 2.68. The molecule has 0 N–H and O–H groups in total. The fraction of sp³-hybridized carbons (Fsp3) is 1.00. The summed E-state index contributed by atoms with van der Waals surface area (Å²) in [6.45, 7) is 0. The predicted octanol–water partition coefficient (Wildman–Crippen LogP) is -6.20. The summed E-state index contributed by atoms with van der Waals surface area (Å²) in [4.78, 5) is 0. The minimum atomic E-state index is -0.215. The predicted molar refractivity (Wildman–Crippen MR) is 85.1 cm³/mol. The van der Waals surface area contributed by atoms with Crippen LogP contribution in [0.3, 0.4) is 0 Å². The SMILES string of the molecule is C1O[SiH2][SiH2][SiH2][SiH]1S[SiH]1CO[SiH2][SiH2][SiH2]1. The summed E-state index contributed by atoms with van der Waals surface area (Å²) in [5, 5.41) is 0. The topological polar surface area (TPSA) is 18.5 Å². The fourth-order valence-electron chi connectivity index (χ4n) is 1.91. The van der Waals surface area contributed by atoms with Crippen molar-refractivity contribution in [3.05, 3.63) is 0 Å². The third-order valence-electron chi connectivity index (χ3n) is 2.62. The lowest BCUT2D eigenvalue weighted by molar-refractivity contribution is 0.420. The Morgan fingerprint density at radius 3 is 1.85 bits per heavy atom. The maximum absolute atomic E-state index is 5.82. The fourth-order valence-corrected chi connectivity index (χ4v) is 164. The number of hydrogen-bond acceptors (Lipinski definition) is 3. The first-order chi connectivity index (χ1) is 6.45. The van der Waals surface area contributed by atoms with Crippen molar-refractivity contribution >= 4 is 78.4 Å². The summed E-state index contributed by atoms with van der Waals surface area (Å²) < 4.78 is 11.6. The van der Waals surface area contributed by atoms with Gasteiger partial charge >= 0.3 is 0 Å². The zero-order chi connectivity index (χ0) is 8.93. The van der Waals surface area contributed by atoms with Gasteiger partial charge in [0, 0.05) is 46.7 Å². The maximum atomic E-state index is 5.82. The molecule has 13 heavy (non-hydrogen) atoms. The van der Waals surface area contributed by atoms with E-state index in [1.807, 2.05) is 0 Å². The van der Waals surface area contributed by atoms with E-state index < -0.39 is 0 Å². The molecule has 2 aliphatic rings. The first kappa shape index (κ1) is 11.5. The summed E-state index contributed by atoms with van der Waals surface area (Å²) >= 11 is 0. The van der Waals surface area contributed by atoms with E-state index >= 15 is 0 Å². The zero-order valence-electron chi connectivity index (χ0n) is 8.04. The highest BCUT2D eigenvalue weighted by molar-refractivity contribution is 8.52. The molecule has 0 bridgehead atoms. The highest BCUT2D eigenvalue weighted by Gasteiger charge is 2.24. The molecule has 0 aromatic heterocycles. The molecule has 0 spiro atoms. The summed E-state index contributed by atoms with van der Waals surface area (Å²) in [5.41, 5.74) is 0. The smallest absolute Gasteiger partial charge is 0.139 e. The normalized spacial score (nSPS) is 47.1. The molecule has 2 aliphatic heterocycles. The molecule has 0 aliphatic carbocycles. The van der Waals surface area contributed by atoms with Crippen molar-refractivity contribution in [2.75, 3.05) is 12.5 Å². The number of rotatable bonds is 2. The second-order valence-electron chi connectivity index (χ2n) is 3.81. The Morgan fingerprint density at radius 2 is 1.46 bits per heavy atom. The van der Waals surface area contributed by atoms with Crippen molar-refractivity contribution in [1.29, 1.82) is 0 Å². The summed E-state index contributed by atoms with van der Waals surface area (Å²) in [6, 6.07) is 0. The first-order valence-corrected chi connectivity index (χ1v) is 34.4. The van der Waals surface area contributed by atoms with Gasteiger partial charge in [0.05, 0.1) is 0 Å². The molecule has 76 valence electrons. The Morgan fingerprint density at radius 1 is 0.923 bits per heavy atom. The van der Waals surface area contributed by atoms with Crippen molar-refractivity contribution < 1.29 is 8.85 Å². The van der Waals surface area contributed by atoms with Crippen LogP contribution in [-0.4, -0.2) is 80.2 Å². The van der Waals surface area contributed by atoms with Crippen LogP contribution in [0.2, 0.25) is 0 Å². The standard InChI is InChI=1S/C2H18O2SSi8/c1-3-6-8-10-12(1)5-13-2-4-7-9-11-13/h12-13H,1-2,6-11H2. The molecule has 2 heterocycles. The highest BCUT2D eigenvalue weighted by atomic mass is 32.5. The van der Waals surface area contributed by atoms with Gasteiger partial charge in [-0.2, -0.15) is 0 Å². The lowest BCUT2D eigenvalue weighted by atomic mass is 11.7. The Bertz CT molecular complexity index is 131. The zero-order valence-corrected chi connectivity index (χ0v) is 19.6. The molecule has 0 aromatic carbocycles. The van der Waals surface area contributed by atoms with Crippen molar-refractivity contribution in [2.24, 2.45) is 0 Å². The second-order valence-corrected chi connectivity index (χ2v) is 61.4. The van der Waals surface area contributed by atoms with E-state index in [4.69, 9.17) is 8.85 Å². The minimum Gasteiger partial charge on any atom is -0.431 e. The Labute approximate surface area is 99.1 Å². The molecule has 2 nitrogen and oxygen atoms in total. The van der Waals surface area contributed by atoms with Gasteiger partial charge in [-0.05, 0) is 0 Å². The van der Waals surface area contributed by atoms with E-state index in [1.54, 1.807) is 0 Å². The van der Waals surface area contributed by atoms with E-state index in [2.05, 4.69) is 10.7 Å². The lowest BCUT2D eigenvalue weighted by Gasteiger charge is -2.26. The van der Waals surface area contributed by atoms with Crippen molar-refractivity contribution in [3.63, 3.8) is 0 Å². The van der Waals surface area contributed by atoms with Crippen LogP contribution in [0.4, 0.5) is 0 Å². The largest absolute Gasteiger partial charge is 0.431 e. The van der Waals surface area contributed by atoms with Gasteiger partial charge in [-0.3, -0.25) is 0 Å². The van der Waals surface area contributed by atoms with E-state index in [1.165, 1.54) is 12.5 Å². The van der Waals surface area contributed by atoms with Crippen LogP contribution >= 0.6 is 10.7 Å². The third-order valence-corrected chi connectivity index (χ3v) is 99.8. The van der Waals surface area contributed by atoms with Gasteiger partial charge in [0.1, 0.15) is 33.5 Å². The molecule has 2 saturated heterocycles. The lowest BCUT2D eigenvalue weighted by Crippen LogP contribution is -2.47. The molecule has 2 unspecified atom stereocenters. The highest BCUT2D eigenvalue weighted by Crippen LogP contribution is 2.13. The van der Waals surface area contributed by atoms with Gasteiger partial charge in [-0.25, -0.2) is 10.7 Å². The van der Waals surface area contributed by atoms with E-state index in [9.17, 15) is 0 Å². The molecule has 0 radical (unpaired) electrons. The van der Waals surface area contributed by atoms with Crippen LogP contribution in [-0.2, 0) is 8.85 Å². The van der Waals surface area contributed by atoms with Crippen molar-refractivity contribution in [2.45, 2.75) is 0 Å². The molecular weight excluding hydrogens is 313 g/mol. The van der Waals surface area contributed by atoms with Gasteiger partial charge < -0.3 is 8.85 Å². The Kier molecular flexibility index (Phi) is 5.80. The summed E-state index contributed by atoms with van der Waals surface area (Å²) in [7, 11) is 4.74. The molecule has 0 aromatic rings. The van der Waals surface area contributed by atoms with E-state index in [0.717, 1.165) is 0 Å². The molecule has 2 rings (SSSR count). The second kappa shape index (κ2) is 6.56. The van der Waals surface area contributed by atoms with Gasteiger partial charge in [0.25, 0.3) is 0 Å². The van der Waals surface area contributed by atoms with Crippen LogP contribution < -0.4 is 0 Å². The van der Waals surface area contributed by atoms with Crippen molar-refractivity contribution in [3.8, 4) is 0 Å². The molecular formula is C2H18O2SSi8.